The first-order valence-corrected chi connectivity index (χ1v) is 7.48. The van der Waals surface area contributed by atoms with Gasteiger partial charge < -0.3 is 9.73 Å². The van der Waals surface area contributed by atoms with Crippen molar-refractivity contribution in [2.75, 3.05) is 6.54 Å². The Balaban J connectivity index is 1.63. The number of alkyl halides is 3. The van der Waals surface area contributed by atoms with Crippen LogP contribution in [0.2, 0.25) is 0 Å². The third kappa shape index (κ3) is 3.95. The third-order valence-electron chi connectivity index (χ3n) is 3.39. The minimum absolute atomic E-state index is 0.117. The van der Waals surface area contributed by atoms with E-state index in [1.54, 1.807) is 12.1 Å². The van der Waals surface area contributed by atoms with Crippen LogP contribution < -0.4 is 5.32 Å². The first-order chi connectivity index (χ1) is 12.4. The zero-order valence-electron chi connectivity index (χ0n) is 13.2. The highest BCUT2D eigenvalue weighted by atomic mass is 19.4. The second-order valence-electron chi connectivity index (χ2n) is 5.17. The summed E-state index contributed by atoms with van der Waals surface area (Å²) in [6.45, 7) is -0.117. The fourth-order valence-electron chi connectivity index (χ4n) is 2.19. The fourth-order valence-corrected chi connectivity index (χ4v) is 2.19. The van der Waals surface area contributed by atoms with E-state index in [1.165, 1.54) is 30.5 Å². The van der Waals surface area contributed by atoms with Crippen molar-refractivity contribution in [2.24, 2.45) is 0 Å². The third-order valence-corrected chi connectivity index (χ3v) is 3.39. The SMILES string of the molecule is O=C(NCC#Cc1ccccc1C(F)(F)F)c1cc(-c2ccco2)[nH]n1. The van der Waals surface area contributed by atoms with Gasteiger partial charge in [-0.1, -0.05) is 24.0 Å². The molecule has 2 N–H and O–H groups in total. The largest absolute Gasteiger partial charge is 0.463 e. The van der Waals surface area contributed by atoms with Crippen molar-refractivity contribution in [3.63, 3.8) is 0 Å². The number of halogens is 3. The van der Waals surface area contributed by atoms with E-state index in [4.69, 9.17) is 4.42 Å². The van der Waals surface area contributed by atoms with Crippen molar-refractivity contribution < 1.29 is 22.4 Å². The van der Waals surface area contributed by atoms with Gasteiger partial charge in [-0.25, -0.2) is 0 Å². The number of rotatable bonds is 3. The van der Waals surface area contributed by atoms with Crippen LogP contribution in [0.3, 0.4) is 0 Å². The minimum Gasteiger partial charge on any atom is -0.463 e. The van der Waals surface area contributed by atoms with Crippen molar-refractivity contribution in [3.05, 3.63) is 65.5 Å². The standard InChI is InChI=1S/C18H12F3N3O2/c19-18(20,21)13-7-2-1-5-12(13)6-3-9-22-17(25)15-11-14(23-24-15)16-8-4-10-26-16/h1-2,4-5,7-8,10-11H,9H2,(H,22,25)(H,23,24). The molecular weight excluding hydrogens is 347 g/mol. The van der Waals surface area contributed by atoms with Gasteiger partial charge in [0.25, 0.3) is 5.91 Å². The van der Waals surface area contributed by atoms with Crippen LogP contribution in [0.1, 0.15) is 21.6 Å². The highest BCUT2D eigenvalue weighted by Gasteiger charge is 2.32. The summed E-state index contributed by atoms with van der Waals surface area (Å²) >= 11 is 0. The summed E-state index contributed by atoms with van der Waals surface area (Å²) < 4.78 is 43.8. The number of nitrogens with zero attached hydrogens (tertiary/aromatic N) is 1. The molecule has 8 heteroatoms. The lowest BCUT2D eigenvalue weighted by Crippen LogP contribution is -2.23. The van der Waals surface area contributed by atoms with E-state index in [0.29, 0.717) is 11.5 Å². The van der Waals surface area contributed by atoms with Gasteiger partial charge in [0.1, 0.15) is 5.69 Å². The summed E-state index contributed by atoms with van der Waals surface area (Å²) in [5.41, 5.74) is -0.303. The predicted octanol–water partition coefficient (Wildman–Crippen LogP) is 3.47. The number of benzene rings is 1. The molecule has 1 aromatic carbocycles. The molecule has 0 fully saturated rings. The van der Waals surface area contributed by atoms with Gasteiger partial charge in [0.2, 0.25) is 0 Å². The summed E-state index contributed by atoms with van der Waals surface area (Å²) in [6.07, 6.45) is -2.99. The molecule has 0 radical (unpaired) electrons. The van der Waals surface area contributed by atoms with E-state index in [9.17, 15) is 18.0 Å². The molecule has 2 heterocycles. The minimum atomic E-state index is -4.48. The highest BCUT2D eigenvalue weighted by Crippen LogP contribution is 2.31. The number of hydrogen-bond donors (Lipinski definition) is 2. The molecule has 1 amide bonds. The molecule has 0 aliphatic rings. The van der Waals surface area contributed by atoms with Crippen LogP contribution in [0.4, 0.5) is 13.2 Å². The van der Waals surface area contributed by atoms with Crippen LogP contribution in [0.15, 0.2) is 53.1 Å². The molecule has 26 heavy (non-hydrogen) atoms. The van der Waals surface area contributed by atoms with Crippen LogP contribution in [0.25, 0.3) is 11.5 Å². The maximum atomic E-state index is 12.9. The van der Waals surface area contributed by atoms with Crippen LogP contribution >= 0.6 is 0 Å². The Bertz CT molecular complexity index is 963. The first kappa shape index (κ1) is 17.4. The van der Waals surface area contributed by atoms with Crippen molar-refractivity contribution in [1.82, 2.24) is 15.5 Å². The summed E-state index contributed by atoms with van der Waals surface area (Å²) in [6, 6.07) is 9.91. The molecule has 0 aliphatic carbocycles. The molecule has 5 nitrogen and oxygen atoms in total. The molecule has 0 spiro atoms. The monoisotopic (exact) mass is 359 g/mol. The maximum absolute atomic E-state index is 12.9. The van der Waals surface area contributed by atoms with E-state index in [2.05, 4.69) is 27.4 Å². The van der Waals surface area contributed by atoms with Crippen LogP contribution in [-0.2, 0) is 6.18 Å². The number of nitrogens with one attached hydrogen (secondary N) is 2. The zero-order valence-corrected chi connectivity index (χ0v) is 13.2. The summed E-state index contributed by atoms with van der Waals surface area (Å²) in [5, 5.41) is 9.00. The lowest BCUT2D eigenvalue weighted by molar-refractivity contribution is -0.137. The number of H-pyrrole nitrogens is 1. The van der Waals surface area contributed by atoms with E-state index in [0.717, 1.165) is 6.07 Å². The smallest absolute Gasteiger partial charge is 0.417 e. The molecule has 0 saturated heterocycles. The Kier molecular flexibility index (Phi) is 4.80. The van der Waals surface area contributed by atoms with E-state index in [1.807, 2.05) is 0 Å². The van der Waals surface area contributed by atoms with Crippen LogP contribution in [-0.4, -0.2) is 22.6 Å². The molecule has 0 unspecified atom stereocenters. The maximum Gasteiger partial charge on any atom is 0.417 e. The molecule has 0 aliphatic heterocycles. The Morgan fingerprint density at radius 3 is 2.77 bits per heavy atom. The number of furan rings is 1. The second kappa shape index (κ2) is 7.19. The fraction of sp³-hybridized carbons (Fsp3) is 0.111. The van der Waals surface area contributed by atoms with Crippen molar-refractivity contribution in [1.29, 1.82) is 0 Å². The van der Waals surface area contributed by atoms with Gasteiger partial charge in [0.05, 0.1) is 18.4 Å². The van der Waals surface area contributed by atoms with Gasteiger partial charge in [-0.2, -0.15) is 18.3 Å². The lowest BCUT2D eigenvalue weighted by Gasteiger charge is -2.08. The molecule has 0 bridgehead atoms. The molecule has 3 aromatic rings. The molecule has 0 saturated carbocycles. The normalized spacial score (nSPS) is 10.9. The quantitative estimate of drug-likeness (QED) is 0.704. The number of carbonyl (C=O) groups excluding carboxylic acids is 1. The average Bonchev–Trinajstić information content (AvgIpc) is 3.28. The van der Waals surface area contributed by atoms with E-state index < -0.39 is 17.6 Å². The first-order valence-electron chi connectivity index (χ1n) is 7.48. The van der Waals surface area contributed by atoms with Crippen LogP contribution in [0.5, 0.6) is 0 Å². The van der Waals surface area contributed by atoms with Crippen molar-refractivity contribution >= 4 is 5.91 Å². The van der Waals surface area contributed by atoms with Gasteiger partial charge in [-0.15, -0.1) is 0 Å². The topological polar surface area (TPSA) is 70.9 Å². The van der Waals surface area contributed by atoms with Gasteiger partial charge >= 0.3 is 6.18 Å². The average molecular weight is 359 g/mol. The number of carbonyl (C=O) groups is 1. The Hall–Kier alpha value is -3.47. The molecule has 2 aromatic heterocycles. The number of aromatic nitrogens is 2. The highest BCUT2D eigenvalue weighted by molar-refractivity contribution is 5.93. The zero-order chi connectivity index (χ0) is 18.6. The molecule has 0 atom stereocenters. The van der Waals surface area contributed by atoms with E-state index >= 15 is 0 Å². The lowest BCUT2D eigenvalue weighted by atomic mass is 10.1. The molecule has 132 valence electrons. The number of hydrogen-bond acceptors (Lipinski definition) is 3. The van der Waals surface area contributed by atoms with Gasteiger partial charge in [0, 0.05) is 11.6 Å². The Morgan fingerprint density at radius 2 is 2.04 bits per heavy atom. The van der Waals surface area contributed by atoms with Crippen LogP contribution in [0, 0.1) is 11.8 Å². The summed E-state index contributed by atoms with van der Waals surface area (Å²) in [4.78, 5) is 12.0. The molecule has 3 rings (SSSR count). The van der Waals surface area contributed by atoms with Crippen molar-refractivity contribution in [3.8, 4) is 23.3 Å². The van der Waals surface area contributed by atoms with Gasteiger partial charge in [0.15, 0.2) is 11.5 Å². The summed E-state index contributed by atoms with van der Waals surface area (Å²) in [7, 11) is 0. The van der Waals surface area contributed by atoms with E-state index in [-0.39, 0.29) is 17.8 Å². The summed E-state index contributed by atoms with van der Waals surface area (Å²) in [5.74, 6) is 4.96. The Morgan fingerprint density at radius 1 is 1.23 bits per heavy atom. The predicted molar refractivity (Wildman–Crippen MR) is 86.9 cm³/mol. The van der Waals surface area contributed by atoms with Gasteiger partial charge in [-0.05, 0) is 24.3 Å². The number of aromatic amines is 1. The number of amides is 1. The second-order valence-corrected chi connectivity index (χ2v) is 5.17. The molecular formula is C18H12F3N3O2. The van der Waals surface area contributed by atoms with Gasteiger partial charge in [-0.3, -0.25) is 9.89 Å². The Labute approximate surface area is 146 Å². The van der Waals surface area contributed by atoms with Crippen molar-refractivity contribution in [2.45, 2.75) is 6.18 Å².